The molecular weight excluding hydrogens is 214 g/mol. The lowest BCUT2D eigenvalue weighted by atomic mass is 9.89. The Morgan fingerprint density at radius 1 is 1.29 bits per heavy atom. The highest BCUT2D eigenvalue weighted by Crippen LogP contribution is 2.25. The highest BCUT2D eigenvalue weighted by Gasteiger charge is 2.31. The van der Waals surface area contributed by atoms with Gasteiger partial charge in [0.2, 0.25) is 0 Å². The van der Waals surface area contributed by atoms with E-state index in [0.717, 1.165) is 37.4 Å². The molecule has 1 heterocycles. The first-order valence-corrected chi connectivity index (χ1v) is 5.82. The molecule has 0 radical (unpaired) electrons. The van der Waals surface area contributed by atoms with Gasteiger partial charge < -0.3 is 15.4 Å². The topological polar surface area (TPSA) is 57.1 Å². The highest BCUT2D eigenvalue weighted by atomic mass is 16.5. The molecule has 0 aliphatic carbocycles. The van der Waals surface area contributed by atoms with E-state index >= 15 is 0 Å². The van der Waals surface area contributed by atoms with Crippen LogP contribution >= 0.6 is 0 Å². The predicted octanol–water partition coefficient (Wildman–Crippen LogP) is 1.75. The molecule has 4 nitrogen and oxygen atoms in total. The fraction of sp³-hybridized carbons (Fsp3) is 0.462. The van der Waals surface area contributed by atoms with Gasteiger partial charge >= 0.3 is 0 Å². The third-order valence-electron chi connectivity index (χ3n) is 3.14. The molecule has 2 N–H and O–H groups in total. The van der Waals surface area contributed by atoms with E-state index in [1.54, 1.807) is 7.11 Å². The van der Waals surface area contributed by atoms with E-state index in [2.05, 4.69) is 16.7 Å². The number of rotatable bonds is 3. The average Bonchev–Trinajstić information content (AvgIpc) is 2.41. The van der Waals surface area contributed by atoms with Crippen molar-refractivity contribution in [1.82, 2.24) is 5.32 Å². The molecule has 0 unspecified atom stereocenters. The van der Waals surface area contributed by atoms with E-state index in [1.807, 2.05) is 24.3 Å². The van der Waals surface area contributed by atoms with Gasteiger partial charge in [0, 0.05) is 5.69 Å². The van der Waals surface area contributed by atoms with Gasteiger partial charge in [0.05, 0.1) is 13.2 Å². The maximum Gasteiger partial charge on any atom is 0.127 e. The SMILES string of the molecule is COc1ccc(NC2(C#N)CCNCC2)cc1. The average molecular weight is 231 g/mol. The van der Waals surface area contributed by atoms with Gasteiger partial charge in [0.25, 0.3) is 0 Å². The fourth-order valence-electron chi connectivity index (χ4n) is 2.07. The maximum absolute atomic E-state index is 9.34. The number of hydrogen-bond acceptors (Lipinski definition) is 4. The summed E-state index contributed by atoms with van der Waals surface area (Å²) in [6.07, 6.45) is 1.66. The summed E-state index contributed by atoms with van der Waals surface area (Å²) in [4.78, 5) is 0. The number of nitriles is 1. The van der Waals surface area contributed by atoms with Crippen LogP contribution in [0, 0.1) is 11.3 Å². The molecule has 1 aliphatic rings. The maximum atomic E-state index is 9.34. The second-order valence-electron chi connectivity index (χ2n) is 4.30. The standard InChI is InChI=1S/C13H17N3O/c1-17-12-4-2-11(3-5-12)16-13(10-14)6-8-15-9-7-13/h2-5,15-16H,6-9H2,1H3. The number of anilines is 1. The zero-order chi connectivity index (χ0) is 12.1. The Hall–Kier alpha value is -1.73. The molecule has 1 fully saturated rings. The van der Waals surface area contributed by atoms with Crippen molar-refractivity contribution < 1.29 is 4.74 Å². The molecule has 90 valence electrons. The Bertz CT molecular complexity index is 402. The van der Waals surface area contributed by atoms with Crippen molar-refractivity contribution in [3.05, 3.63) is 24.3 Å². The van der Waals surface area contributed by atoms with Crippen molar-refractivity contribution in [2.45, 2.75) is 18.4 Å². The van der Waals surface area contributed by atoms with E-state index in [4.69, 9.17) is 4.74 Å². The molecule has 0 aromatic heterocycles. The lowest BCUT2D eigenvalue weighted by molar-refractivity contribution is 0.408. The normalized spacial score (nSPS) is 18.1. The summed E-state index contributed by atoms with van der Waals surface area (Å²) in [5, 5.41) is 15.9. The van der Waals surface area contributed by atoms with Crippen LogP contribution in [0.2, 0.25) is 0 Å². The molecule has 1 aromatic rings. The van der Waals surface area contributed by atoms with Crippen molar-refractivity contribution >= 4 is 5.69 Å². The molecule has 1 aliphatic heterocycles. The molecule has 0 saturated carbocycles. The Morgan fingerprint density at radius 2 is 1.94 bits per heavy atom. The molecule has 0 atom stereocenters. The van der Waals surface area contributed by atoms with Gasteiger partial charge in [-0.25, -0.2) is 0 Å². The molecule has 0 amide bonds. The number of hydrogen-bond donors (Lipinski definition) is 2. The minimum absolute atomic E-state index is 0.431. The van der Waals surface area contributed by atoms with Crippen LogP contribution in [0.3, 0.4) is 0 Å². The molecule has 1 saturated heterocycles. The van der Waals surface area contributed by atoms with Crippen molar-refractivity contribution in [2.24, 2.45) is 0 Å². The van der Waals surface area contributed by atoms with E-state index in [1.165, 1.54) is 0 Å². The minimum Gasteiger partial charge on any atom is -0.497 e. The molecular formula is C13H17N3O. The van der Waals surface area contributed by atoms with Gasteiger partial charge in [-0.15, -0.1) is 0 Å². The number of methoxy groups -OCH3 is 1. The monoisotopic (exact) mass is 231 g/mol. The van der Waals surface area contributed by atoms with Crippen molar-refractivity contribution in [3.63, 3.8) is 0 Å². The molecule has 1 aromatic carbocycles. The van der Waals surface area contributed by atoms with Crippen LogP contribution in [-0.4, -0.2) is 25.7 Å². The van der Waals surface area contributed by atoms with E-state index in [-0.39, 0.29) is 0 Å². The van der Waals surface area contributed by atoms with E-state index in [9.17, 15) is 5.26 Å². The van der Waals surface area contributed by atoms with Crippen LogP contribution < -0.4 is 15.4 Å². The number of benzene rings is 1. The second kappa shape index (κ2) is 5.07. The Balaban J connectivity index is 2.10. The summed E-state index contributed by atoms with van der Waals surface area (Å²) in [6, 6.07) is 10.1. The summed E-state index contributed by atoms with van der Waals surface area (Å²) in [6.45, 7) is 1.77. The van der Waals surface area contributed by atoms with Gasteiger partial charge in [-0.1, -0.05) is 0 Å². The Morgan fingerprint density at radius 3 is 2.47 bits per heavy atom. The summed E-state index contributed by atoms with van der Waals surface area (Å²) < 4.78 is 5.11. The number of nitrogens with zero attached hydrogens (tertiary/aromatic N) is 1. The fourth-order valence-corrected chi connectivity index (χ4v) is 2.07. The van der Waals surface area contributed by atoms with Crippen LogP contribution in [0.4, 0.5) is 5.69 Å². The third kappa shape index (κ3) is 2.69. The Kier molecular flexibility index (Phi) is 3.50. The van der Waals surface area contributed by atoms with Crippen molar-refractivity contribution in [2.75, 3.05) is 25.5 Å². The predicted molar refractivity (Wildman–Crippen MR) is 67.1 cm³/mol. The van der Waals surface area contributed by atoms with Gasteiger partial charge in [-0.2, -0.15) is 5.26 Å². The van der Waals surface area contributed by atoms with Gasteiger partial charge in [0.1, 0.15) is 11.3 Å². The molecule has 4 heteroatoms. The smallest absolute Gasteiger partial charge is 0.127 e. The summed E-state index contributed by atoms with van der Waals surface area (Å²) in [5.41, 5.74) is 0.536. The largest absolute Gasteiger partial charge is 0.497 e. The first-order valence-electron chi connectivity index (χ1n) is 5.82. The molecule has 0 bridgehead atoms. The highest BCUT2D eigenvalue weighted by molar-refractivity contribution is 5.50. The lowest BCUT2D eigenvalue weighted by Crippen LogP contribution is -2.46. The van der Waals surface area contributed by atoms with Crippen LogP contribution in [0.1, 0.15) is 12.8 Å². The van der Waals surface area contributed by atoms with E-state index < -0.39 is 5.54 Å². The first-order chi connectivity index (χ1) is 8.28. The number of piperidine rings is 1. The Labute approximate surface area is 102 Å². The summed E-state index contributed by atoms with van der Waals surface area (Å²) in [5.74, 6) is 0.826. The molecule has 0 spiro atoms. The minimum atomic E-state index is -0.431. The second-order valence-corrected chi connectivity index (χ2v) is 4.30. The first kappa shape index (κ1) is 11.7. The van der Waals surface area contributed by atoms with Crippen molar-refractivity contribution in [1.29, 1.82) is 5.26 Å². The van der Waals surface area contributed by atoms with E-state index in [0.29, 0.717) is 0 Å². The zero-order valence-electron chi connectivity index (χ0n) is 9.99. The molecule has 17 heavy (non-hydrogen) atoms. The lowest BCUT2D eigenvalue weighted by Gasteiger charge is -2.33. The number of ether oxygens (including phenoxy) is 1. The summed E-state index contributed by atoms with van der Waals surface area (Å²) >= 11 is 0. The van der Waals surface area contributed by atoms with Crippen LogP contribution in [-0.2, 0) is 0 Å². The van der Waals surface area contributed by atoms with Crippen LogP contribution in [0.15, 0.2) is 24.3 Å². The quantitative estimate of drug-likeness (QED) is 0.832. The van der Waals surface area contributed by atoms with Gasteiger partial charge in [-0.05, 0) is 50.2 Å². The summed E-state index contributed by atoms with van der Waals surface area (Å²) in [7, 11) is 1.64. The molecule has 2 rings (SSSR count). The number of nitrogens with one attached hydrogen (secondary N) is 2. The van der Waals surface area contributed by atoms with Crippen LogP contribution in [0.25, 0.3) is 0 Å². The van der Waals surface area contributed by atoms with Crippen molar-refractivity contribution in [3.8, 4) is 11.8 Å². The van der Waals surface area contributed by atoms with Crippen LogP contribution in [0.5, 0.6) is 5.75 Å². The zero-order valence-corrected chi connectivity index (χ0v) is 9.99. The van der Waals surface area contributed by atoms with Gasteiger partial charge in [-0.3, -0.25) is 0 Å². The third-order valence-corrected chi connectivity index (χ3v) is 3.14. The van der Waals surface area contributed by atoms with Gasteiger partial charge in [0.15, 0.2) is 0 Å².